The third-order valence-corrected chi connectivity index (χ3v) is 4.39. The molecule has 0 bridgehead atoms. The van der Waals surface area contributed by atoms with Crippen LogP contribution in [0.25, 0.3) is 0 Å². The number of aliphatic hydroxyl groups is 1. The molecular weight excluding hydrogens is 304 g/mol. The van der Waals surface area contributed by atoms with Crippen LogP contribution in [-0.2, 0) is 17.8 Å². The van der Waals surface area contributed by atoms with Gasteiger partial charge in [0.25, 0.3) is 0 Å². The highest BCUT2D eigenvalue weighted by Crippen LogP contribution is 2.26. The van der Waals surface area contributed by atoms with Crippen molar-refractivity contribution in [2.45, 2.75) is 31.5 Å². The van der Waals surface area contributed by atoms with Crippen LogP contribution < -0.4 is 0 Å². The summed E-state index contributed by atoms with van der Waals surface area (Å²) in [6.45, 7) is 1.27. The Morgan fingerprint density at radius 3 is 2.50 bits per heavy atom. The summed E-state index contributed by atoms with van der Waals surface area (Å²) in [4.78, 5) is 18.1. The maximum absolute atomic E-state index is 12.2. The number of carbonyl (C=O) groups excluding carboxylic acids is 1. The number of nitrogens with zero attached hydrogens (tertiary/aromatic N) is 2. The van der Waals surface area contributed by atoms with Gasteiger partial charge in [-0.1, -0.05) is 36.4 Å². The van der Waals surface area contributed by atoms with E-state index in [4.69, 9.17) is 4.74 Å². The fraction of sp³-hybridized carbons (Fsp3) is 0.368. The van der Waals surface area contributed by atoms with E-state index in [1.54, 1.807) is 11.1 Å². The topological polar surface area (TPSA) is 62.7 Å². The average Bonchev–Trinajstić information content (AvgIpc) is 2.62. The van der Waals surface area contributed by atoms with Gasteiger partial charge in [-0.15, -0.1) is 0 Å². The molecule has 1 amide bonds. The molecular formula is C19H22N2O3. The monoisotopic (exact) mass is 326 g/mol. The molecule has 2 heterocycles. The minimum atomic E-state index is -0.801. The van der Waals surface area contributed by atoms with Gasteiger partial charge >= 0.3 is 6.09 Å². The van der Waals surface area contributed by atoms with Crippen molar-refractivity contribution in [3.05, 3.63) is 66.0 Å². The number of benzene rings is 1. The van der Waals surface area contributed by atoms with E-state index < -0.39 is 5.60 Å². The summed E-state index contributed by atoms with van der Waals surface area (Å²) in [6.07, 6.45) is 2.99. The van der Waals surface area contributed by atoms with Crippen LogP contribution in [0.15, 0.2) is 54.7 Å². The molecule has 0 saturated carbocycles. The highest BCUT2D eigenvalue weighted by atomic mass is 16.6. The van der Waals surface area contributed by atoms with E-state index in [1.165, 1.54) is 0 Å². The highest BCUT2D eigenvalue weighted by Gasteiger charge is 2.34. The smallest absolute Gasteiger partial charge is 0.410 e. The first kappa shape index (κ1) is 16.5. The number of likely N-dealkylation sites (tertiary alicyclic amines) is 1. The first-order valence-corrected chi connectivity index (χ1v) is 8.23. The Labute approximate surface area is 141 Å². The summed E-state index contributed by atoms with van der Waals surface area (Å²) in [5, 5.41) is 10.7. The first-order valence-electron chi connectivity index (χ1n) is 8.23. The van der Waals surface area contributed by atoms with Crippen molar-refractivity contribution < 1.29 is 14.6 Å². The Kier molecular flexibility index (Phi) is 5.11. The van der Waals surface area contributed by atoms with Crippen LogP contribution in [0.4, 0.5) is 4.79 Å². The lowest BCUT2D eigenvalue weighted by molar-refractivity contribution is -0.0212. The number of aromatic nitrogens is 1. The van der Waals surface area contributed by atoms with Crippen molar-refractivity contribution in [1.29, 1.82) is 0 Å². The Hall–Kier alpha value is -2.40. The Morgan fingerprint density at radius 2 is 1.83 bits per heavy atom. The number of rotatable bonds is 4. The molecule has 1 aliphatic heterocycles. The summed E-state index contributed by atoms with van der Waals surface area (Å²) in [7, 11) is 0. The molecule has 2 aromatic rings. The Balaban J connectivity index is 1.48. The van der Waals surface area contributed by atoms with Crippen molar-refractivity contribution >= 4 is 6.09 Å². The van der Waals surface area contributed by atoms with Gasteiger partial charge in [0.1, 0.15) is 6.61 Å². The van der Waals surface area contributed by atoms with E-state index in [1.807, 2.05) is 48.5 Å². The second-order valence-electron chi connectivity index (χ2n) is 6.25. The van der Waals surface area contributed by atoms with E-state index in [9.17, 15) is 9.90 Å². The largest absolute Gasteiger partial charge is 0.445 e. The molecule has 5 heteroatoms. The average molecular weight is 326 g/mol. The number of pyridine rings is 1. The van der Waals surface area contributed by atoms with E-state index in [-0.39, 0.29) is 12.7 Å². The normalized spacial score (nSPS) is 16.6. The molecule has 0 unspecified atom stereocenters. The van der Waals surface area contributed by atoms with Crippen molar-refractivity contribution in [3.63, 3.8) is 0 Å². The van der Waals surface area contributed by atoms with Crippen LogP contribution in [0.5, 0.6) is 0 Å². The van der Waals surface area contributed by atoms with Crippen LogP contribution in [0.3, 0.4) is 0 Å². The van der Waals surface area contributed by atoms with Gasteiger partial charge < -0.3 is 14.7 Å². The molecule has 5 nitrogen and oxygen atoms in total. The lowest BCUT2D eigenvalue weighted by Crippen LogP contribution is -2.48. The third-order valence-electron chi connectivity index (χ3n) is 4.39. The van der Waals surface area contributed by atoms with Gasteiger partial charge in [0.05, 0.1) is 5.60 Å². The lowest BCUT2D eigenvalue weighted by atomic mass is 9.87. The number of piperidine rings is 1. The molecule has 24 heavy (non-hydrogen) atoms. The quantitative estimate of drug-likeness (QED) is 0.938. The molecule has 1 aromatic carbocycles. The van der Waals surface area contributed by atoms with Crippen molar-refractivity contribution in [2.75, 3.05) is 13.1 Å². The van der Waals surface area contributed by atoms with E-state index in [0.29, 0.717) is 32.4 Å². The maximum atomic E-state index is 12.2. The molecule has 1 fully saturated rings. The van der Waals surface area contributed by atoms with E-state index in [0.717, 1.165) is 11.3 Å². The Bertz CT molecular complexity index is 653. The van der Waals surface area contributed by atoms with Crippen molar-refractivity contribution in [3.8, 4) is 0 Å². The molecule has 0 radical (unpaired) electrons. The number of ether oxygens (including phenoxy) is 1. The Morgan fingerprint density at radius 1 is 1.12 bits per heavy atom. The zero-order valence-corrected chi connectivity index (χ0v) is 13.6. The van der Waals surface area contributed by atoms with Crippen LogP contribution in [0.1, 0.15) is 24.1 Å². The zero-order valence-electron chi connectivity index (χ0n) is 13.6. The molecule has 0 aliphatic carbocycles. The predicted molar refractivity (Wildman–Crippen MR) is 90.3 cm³/mol. The fourth-order valence-corrected chi connectivity index (χ4v) is 2.93. The van der Waals surface area contributed by atoms with E-state index >= 15 is 0 Å². The second kappa shape index (κ2) is 7.45. The summed E-state index contributed by atoms with van der Waals surface area (Å²) in [5.74, 6) is 0. The van der Waals surface area contributed by atoms with Gasteiger partial charge in [0, 0.05) is 31.4 Å². The van der Waals surface area contributed by atoms with E-state index in [2.05, 4.69) is 4.98 Å². The highest BCUT2D eigenvalue weighted by molar-refractivity contribution is 5.67. The van der Waals surface area contributed by atoms with Crippen LogP contribution in [0, 0.1) is 0 Å². The molecule has 1 saturated heterocycles. The number of hydrogen-bond donors (Lipinski definition) is 1. The second-order valence-corrected chi connectivity index (χ2v) is 6.25. The molecule has 0 spiro atoms. The van der Waals surface area contributed by atoms with Gasteiger partial charge in [0.15, 0.2) is 0 Å². The lowest BCUT2D eigenvalue weighted by Gasteiger charge is -2.37. The van der Waals surface area contributed by atoms with Crippen LogP contribution >= 0.6 is 0 Å². The maximum Gasteiger partial charge on any atom is 0.410 e. The minimum absolute atomic E-state index is 0.272. The molecule has 126 valence electrons. The molecule has 1 N–H and O–H groups in total. The molecule has 0 atom stereocenters. The SMILES string of the molecule is O=C(OCc1ccccc1)N1CCC(O)(Cc2ccccn2)CC1. The number of amides is 1. The van der Waals surface area contributed by atoms with Gasteiger partial charge in [-0.2, -0.15) is 0 Å². The van der Waals surface area contributed by atoms with Crippen molar-refractivity contribution in [2.24, 2.45) is 0 Å². The summed E-state index contributed by atoms with van der Waals surface area (Å²) in [6, 6.07) is 15.3. The fourth-order valence-electron chi connectivity index (χ4n) is 2.93. The van der Waals surface area contributed by atoms with Gasteiger partial charge in [-0.25, -0.2) is 4.79 Å². The number of carbonyl (C=O) groups is 1. The third kappa shape index (κ3) is 4.32. The zero-order chi connectivity index (χ0) is 16.8. The number of hydrogen-bond acceptors (Lipinski definition) is 4. The van der Waals surface area contributed by atoms with Gasteiger partial charge in [0.2, 0.25) is 0 Å². The summed E-state index contributed by atoms with van der Waals surface area (Å²) in [5.41, 5.74) is 1.04. The molecule has 1 aliphatic rings. The van der Waals surface area contributed by atoms with Crippen molar-refractivity contribution in [1.82, 2.24) is 9.88 Å². The summed E-state index contributed by atoms with van der Waals surface area (Å²) < 4.78 is 5.35. The van der Waals surface area contributed by atoms with Crippen LogP contribution in [0.2, 0.25) is 0 Å². The summed E-state index contributed by atoms with van der Waals surface area (Å²) >= 11 is 0. The predicted octanol–water partition coefficient (Wildman–Crippen LogP) is 2.79. The van der Waals surface area contributed by atoms with Gasteiger partial charge in [-0.05, 0) is 30.5 Å². The molecule has 1 aromatic heterocycles. The first-order chi connectivity index (χ1) is 11.6. The van der Waals surface area contributed by atoms with Gasteiger partial charge in [-0.3, -0.25) is 4.98 Å². The standard InChI is InChI=1S/C19H22N2O3/c22-18(24-15-16-6-2-1-3-7-16)21-12-9-19(23,10-13-21)14-17-8-4-5-11-20-17/h1-8,11,23H,9-10,12-15H2. The molecule has 3 rings (SSSR count). The minimum Gasteiger partial charge on any atom is -0.445 e. The van der Waals surface area contributed by atoms with Crippen LogP contribution in [-0.4, -0.2) is 39.8 Å².